The van der Waals surface area contributed by atoms with E-state index < -0.39 is 0 Å². The molecule has 2 aromatic carbocycles. The summed E-state index contributed by atoms with van der Waals surface area (Å²) in [5.41, 5.74) is 2.93. The maximum absolute atomic E-state index is 12.8. The third-order valence-electron chi connectivity index (χ3n) is 4.27. The predicted molar refractivity (Wildman–Crippen MR) is 101 cm³/mol. The number of ether oxygens (including phenoxy) is 1. The van der Waals surface area contributed by atoms with Gasteiger partial charge in [-0.2, -0.15) is 0 Å². The molecule has 0 bridgehead atoms. The first-order valence-corrected chi connectivity index (χ1v) is 9.00. The van der Waals surface area contributed by atoms with Crippen molar-refractivity contribution in [1.82, 2.24) is 4.90 Å². The van der Waals surface area contributed by atoms with Crippen LogP contribution in [-0.4, -0.2) is 31.0 Å². The number of nitrogens with zero attached hydrogens (tertiary/aromatic N) is 1. The highest BCUT2D eigenvalue weighted by Gasteiger charge is 2.16. The van der Waals surface area contributed by atoms with Crippen LogP contribution in [0.25, 0.3) is 21.2 Å². The minimum absolute atomic E-state index is 0.0880. The van der Waals surface area contributed by atoms with E-state index in [-0.39, 0.29) is 5.91 Å². The van der Waals surface area contributed by atoms with Gasteiger partial charge in [-0.1, -0.05) is 12.1 Å². The number of hydrogen-bond donors (Lipinski definition) is 0. The Morgan fingerprint density at radius 1 is 1.08 bits per heavy atom. The number of carbonyl (C=O) groups is 1. The lowest BCUT2D eigenvalue weighted by Crippen LogP contribution is -2.30. The lowest BCUT2D eigenvalue weighted by Gasteiger charge is -2.19. The molecule has 0 aliphatic rings. The molecule has 4 heteroatoms. The van der Waals surface area contributed by atoms with Crippen LogP contribution in [0.15, 0.2) is 47.8 Å². The van der Waals surface area contributed by atoms with Crippen molar-refractivity contribution in [2.45, 2.75) is 13.8 Å². The van der Waals surface area contributed by atoms with Crippen LogP contribution in [0, 0.1) is 0 Å². The van der Waals surface area contributed by atoms with Gasteiger partial charge in [0, 0.05) is 28.7 Å². The van der Waals surface area contributed by atoms with Crippen LogP contribution in [0.1, 0.15) is 24.2 Å². The maximum atomic E-state index is 12.8. The zero-order valence-corrected chi connectivity index (χ0v) is 15.0. The molecule has 0 unspecified atom stereocenters. The molecule has 24 heavy (non-hydrogen) atoms. The molecule has 3 aromatic rings. The van der Waals surface area contributed by atoms with E-state index in [0.29, 0.717) is 0 Å². The van der Waals surface area contributed by atoms with E-state index in [0.717, 1.165) is 40.2 Å². The molecule has 0 saturated heterocycles. The Balaban J connectivity index is 2.12. The molecule has 3 rings (SSSR count). The first-order chi connectivity index (χ1) is 11.7. The third kappa shape index (κ3) is 3.02. The second kappa shape index (κ2) is 7.05. The van der Waals surface area contributed by atoms with Crippen LogP contribution >= 0.6 is 11.3 Å². The van der Waals surface area contributed by atoms with Gasteiger partial charge in [0.05, 0.1) is 7.11 Å². The quantitative estimate of drug-likeness (QED) is 0.650. The molecule has 3 nitrogen and oxygen atoms in total. The van der Waals surface area contributed by atoms with E-state index in [1.165, 1.54) is 5.39 Å². The number of hydrogen-bond acceptors (Lipinski definition) is 3. The smallest absolute Gasteiger partial charge is 0.253 e. The molecule has 0 saturated carbocycles. The highest BCUT2D eigenvalue weighted by molar-refractivity contribution is 7.17. The summed E-state index contributed by atoms with van der Waals surface area (Å²) in [6, 6.07) is 14.1. The summed E-state index contributed by atoms with van der Waals surface area (Å²) >= 11 is 1.67. The second-order valence-electron chi connectivity index (χ2n) is 5.56. The van der Waals surface area contributed by atoms with Gasteiger partial charge < -0.3 is 9.64 Å². The molecule has 0 atom stereocenters. The third-order valence-corrected chi connectivity index (χ3v) is 5.13. The van der Waals surface area contributed by atoms with E-state index in [9.17, 15) is 4.79 Å². The van der Waals surface area contributed by atoms with Crippen LogP contribution in [0.5, 0.6) is 5.75 Å². The van der Waals surface area contributed by atoms with Crippen molar-refractivity contribution in [1.29, 1.82) is 0 Å². The molecule has 0 spiro atoms. The molecular formula is C20H21NO2S. The molecular weight excluding hydrogens is 318 g/mol. The van der Waals surface area contributed by atoms with Gasteiger partial charge in [0.1, 0.15) is 5.75 Å². The van der Waals surface area contributed by atoms with Gasteiger partial charge in [0.15, 0.2) is 0 Å². The van der Waals surface area contributed by atoms with Gasteiger partial charge in [-0.15, -0.1) is 11.3 Å². The Bertz CT molecular complexity index is 848. The van der Waals surface area contributed by atoms with E-state index in [1.807, 2.05) is 55.1 Å². The number of fused-ring (bicyclic) bond motifs is 1. The Kier molecular flexibility index (Phi) is 4.86. The number of carbonyl (C=O) groups excluding carboxylic acids is 1. The normalized spacial score (nSPS) is 10.8. The fourth-order valence-electron chi connectivity index (χ4n) is 2.90. The lowest BCUT2D eigenvalue weighted by atomic mass is 9.99. The van der Waals surface area contributed by atoms with Gasteiger partial charge >= 0.3 is 0 Å². The van der Waals surface area contributed by atoms with Crippen LogP contribution in [0.3, 0.4) is 0 Å². The van der Waals surface area contributed by atoms with Crippen molar-refractivity contribution in [3.05, 3.63) is 53.4 Å². The van der Waals surface area contributed by atoms with E-state index in [2.05, 4.69) is 11.4 Å². The van der Waals surface area contributed by atoms with Gasteiger partial charge in [0.25, 0.3) is 5.91 Å². The highest BCUT2D eigenvalue weighted by Crippen LogP contribution is 2.34. The van der Waals surface area contributed by atoms with Gasteiger partial charge in [-0.3, -0.25) is 4.79 Å². The summed E-state index contributed by atoms with van der Waals surface area (Å²) in [5, 5.41) is 3.25. The molecule has 1 heterocycles. The summed E-state index contributed by atoms with van der Waals surface area (Å²) in [6.07, 6.45) is 0. The largest absolute Gasteiger partial charge is 0.497 e. The van der Waals surface area contributed by atoms with Gasteiger partial charge in [0.2, 0.25) is 0 Å². The number of rotatable bonds is 5. The van der Waals surface area contributed by atoms with Crippen LogP contribution in [0.2, 0.25) is 0 Å². The minimum Gasteiger partial charge on any atom is -0.497 e. The van der Waals surface area contributed by atoms with Crippen molar-refractivity contribution >= 4 is 27.3 Å². The highest BCUT2D eigenvalue weighted by atomic mass is 32.1. The van der Waals surface area contributed by atoms with Crippen molar-refractivity contribution in [2.24, 2.45) is 0 Å². The number of benzene rings is 2. The number of thiophene rings is 1. The molecule has 0 radical (unpaired) electrons. The summed E-state index contributed by atoms with van der Waals surface area (Å²) in [4.78, 5) is 14.6. The van der Waals surface area contributed by atoms with Crippen LogP contribution < -0.4 is 4.74 Å². The molecule has 0 fully saturated rings. The molecule has 1 amide bonds. The van der Waals surface area contributed by atoms with Crippen molar-refractivity contribution in [3.8, 4) is 16.9 Å². The molecule has 0 N–H and O–H groups in total. The molecule has 124 valence electrons. The van der Waals surface area contributed by atoms with Crippen LogP contribution in [-0.2, 0) is 0 Å². The van der Waals surface area contributed by atoms with Gasteiger partial charge in [-0.25, -0.2) is 0 Å². The zero-order valence-electron chi connectivity index (χ0n) is 14.2. The first-order valence-electron chi connectivity index (χ1n) is 8.12. The number of amides is 1. The lowest BCUT2D eigenvalue weighted by molar-refractivity contribution is 0.0773. The van der Waals surface area contributed by atoms with E-state index in [4.69, 9.17) is 4.74 Å². The maximum Gasteiger partial charge on any atom is 0.253 e. The first kappa shape index (κ1) is 16.5. The Labute approximate surface area is 146 Å². The second-order valence-corrected chi connectivity index (χ2v) is 6.51. The molecule has 0 aliphatic carbocycles. The average Bonchev–Trinajstić information content (AvgIpc) is 3.10. The molecule has 0 aliphatic heterocycles. The van der Waals surface area contributed by atoms with E-state index in [1.54, 1.807) is 18.4 Å². The predicted octanol–water partition coefficient (Wildman–Crippen LogP) is 5.06. The van der Waals surface area contributed by atoms with E-state index >= 15 is 0 Å². The minimum atomic E-state index is 0.0880. The Morgan fingerprint density at radius 3 is 2.42 bits per heavy atom. The van der Waals surface area contributed by atoms with Crippen LogP contribution in [0.4, 0.5) is 0 Å². The average molecular weight is 339 g/mol. The topological polar surface area (TPSA) is 29.5 Å². The van der Waals surface area contributed by atoms with Crippen molar-refractivity contribution < 1.29 is 9.53 Å². The standard InChI is InChI=1S/C20H21NO2S/c1-4-21(5-2)20(22)15-12-18(17-10-11-24-19(17)13-15)14-6-8-16(23-3)9-7-14/h6-13H,4-5H2,1-3H3. The summed E-state index contributed by atoms with van der Waals surface area (Å²) in [6.45, 7) is 5.45. The van der Waals surface area contributed by atoms with Crippen molar-refractivity contribution in [2.75, 3.05) is 20.2 Å². The monoisotopic (exact) mass is 339 g/mol. The SMILES string of the molecule is CCN(CC)C(=O)c1cc(-c2ccc(OC)cc2)c2ccsc2c1. The fourth-order valence-corrected chi connectivity index (χ4v) is 3.75. The summed E-state index contributed by atoms with van der Waals surface area (Å²) in [5.74, 6) is 0.917. The molecule has 1 aromatic heterocycles. The fraction of sp³-hybridized carbons (Fsp3) is 0.250. The Morgan fingerprint density at radius 2 is 1.79 bits per heavy atom. The zero-order chi connectivity index (χ0) is 17.1. The summed E-state index contributed by atoms with van der Waals surface area (Å²) < 4.78 is 6.38. The summed E-state index contributed by atoms with van der Waals surface area (Å²) in [7, 11) is 1.66. The van der Waals surface area contributed by atoms with Crippen molar-refractivity contribution in [3.63, 3.8) is 0 Å². The number of methoxy groups -OCH3 is 1. The Hall–Kier alpha value is -2.33. The van der Waals surface area contributed by atoms with Gasteiger partial charge in [-0.05, 0) is 60.7 Å².